The van der Waals surface area contributed by atoms with Crippen LogP contribution in [0.3, 0.4) is 0 Å². The van der Waals surface area contributed by atoms with Crippen LogP contribution in [-0.4, -0.2) is 67.5 Å². The van der Waals surface area contributed by atoms with Crippen LogP contribution in [-0.2, 0) is 13.2 Å². The zero-order chi connectivity index (χ0) is 23.7. The molecule has 0 amide bonds. The van der Waals surface area contributed by atoms with E-state index < -0.39 is 0 Å². The first-order valence-electron chi connectivity index (χ1n) is 11.4. The van der Waals surface area contributed by atoms with E-state index in [0.29, 0.717) is 29.3 Å². The summed E-state index contributed by atoms with van der Waals surface area (Å²) >= 11 is 0. The molecule has 2 N–H and O–H groups in total. The molecule has 34 heavy (non-hydrogen) atoms. The molecule has 10 heteroatoms. The van der Waals surface area contributed by atoms with Crippen molar-refractivity contribution in [1.29, 1.82) is 0 Å². The van der Waals surface area contributed by atoms with Gasteiger partial charge in [-0.25, -0.2) is 19.3 Å². The van der Waals surface area contributed by atoms with Crippen molar-refractivity contribution in [2.24, 2.45) is 0 Å². The monoisotopic (exact) mass is 460 g/mol. The maximum atomic E-state index is 12.9. The second kappa shape index (κ2) is 9.24. The zero-order valence-electron chi connectivity index (χ0n) is 19.3. The molecule has 1 aliphatic rings. The highest BCUT2D eigenvalue weighted by molar-refractivity contribution is 5.77. The normalized spacial score (nSPS) is 14.6. The minimum Gasteiger partial charge on any atom is -0.392 e. The standard InChI is InChI=1S/C24H28N8O2/c1-3-31-23(34)19-15-26-24(28-22(19)32(31)21-6-4-5-9-25-21)27-18-7-8-20(17(14-18)16-33)30-12-10-29(2)11-13-30/h4-9,14-15,33H,3,10-13,16H2,1-2H3,(H,26,27,28). The summed E-state index contributed by atoms with van der Waals surface area (Å²) in [6.45, 7) is 6.16. The van der Waals surface area contributed by atoms with Gasteiger partial charge in [-0.2, -0.15) is 4.98 Å². The largest absolute Gasteiger partial charge is 0.392 e. The molecule has 1 aliphatic heterocycles. The highest BCUT2D eigenvalue weighted by Crippen LogP contribution is 2.27. The highest BCUT2D eigenvalue weighted by Gasteiger charge is 2.19. The van der Waals surface area contributed by atoms with Crippen molar-refractivity contribution >= 4 is 28.4 Å². The summed E-state index contributed by atoms with van der Waals surface area (Å²) < 4.78 is 3.32. The van der Waals surface area contributed by atoms with E-state index in [0.717, 1.165) is 43.1 Å². The van der Waals surface area contributed by atoms with Crippen LogP contribution in [0.2, 0.25) is 0 Å². The van der Waals surface area contributed by atoms with Gasteiger partial charge in [-0.1, -0.05) is 6.07 Å². The summed E-state index contributed by atoms with van der Waals surface area (Å²) in [6, 6.07) is 11.4. The highest BCUT2D eigenvalue weighted by atomic mass is 16.3. The Labute approximate surface area is 197 Å². The number of hydrogen-bond acceptors (Lipinski definition) is 8. The minimum absolute atomic E-state index is 0.0599. The van der Waals surface area contributed by atoms with Crippen LogP contribution in [0.25, 0.3) is 16.9 Å². The summed E-state index contributed by atoms with van der Waals surface area (Å²) in [5.41, 5.74) is 2.98. The van der Waals surface area contributed by atoms with Crippen LogP contribution < -0.4 is 15.8 Å². The lowest BCUT2D eigenvalue weighted by atomic mass is 10.1. The molecule has 1 fully saturated rings. The van der Waals surface area contributed by atoms with Gasteiger partial charge in [-0.3, -0.25) is 4.79 Å². The van der Waals surface area contributed by atoms with Crippen LogP contribution in [0, 0.1) is 0 Å². The summed E-state index contributed by atoms with van der Waals surface area (Å²) in [4.78, 5) is 30.9. The van der Waals surface area contributed by atoms with Crippen LogP contribution in [0.4, 0.5) is 17.3 Å². The molecule has 0 saturated carbocycles. The molecule has 0 aliphatic carbocycles. The molecule has 10 nitrogen and oxygen atoms in total. The Morgan fingerprint density at radius 2 is 1.91 bits per heavy atom. The van der Waals surface area contributed by atoms with Crippen molar-refractivity contribution in [1.82, 2.24) is 29.2 Å². The quantitative estimate of drug-likeness (QED) is 0.450. The molecule has 1 aromatic carbocycles. The van der Waals surface area contributed by atoms with E-state index in [1.807, 2.05) is 43.3 Å². The first-order chi connectivity index (χ1) is 16.6. The Morgan fingerprint density at radius 1 is 1.09 bits per heavy atom. The average Bonchev–Trinajstić information content (AvgIpc) is 3.16. The molecular formula is C24H28N8O2. The van der Waals surface area contributed by atoms with Gasteiger partial charge in [0.25, 0.3) is 5.56 Å². The third-order valence-corrected chi connectivity index (χ3v) is 6.19. The number of pyridine rings is 1. The van der Waals surface area contributed by atoms with E-state index in [1.165, 1.54) is 0 Å². The SMILES string of the molecule is CCn1c(=O)c2cnc(Nc3ccc(N4CCN(C)CC4)c(CO)c3)nc2n1-c1ccccn1. The molecule has 4 aromatic rings. The molecule has 3 aromatic heterocycles. The minimum atomic E-state index is -0.159. The third kappa shape index (κ3) is 4.02. The number of aromatic nitrogens is 5. The first kappa shape index (κ1) is 22.1. The average molecular weight is 461 g/mol. The molecule has 4 heterocycles. The van der Waals surface area contributed by atoms with Gasteiger partial charge in [0.2, 0.25) is 5.95 Å². The van der Waals surface area contributed by atoms with E-state index in [4.69, 9.17) is 0 Å². The molecule has 5 rings (SSSR count). The topological polar surface area (TPSA) is 104 Å². The van der Waals surface area contributed by atoms with Gasteiger partial charge in [-0.15, -0.1) is 0 Å². The van der Waals surface area contributed by atoms with E-state index in [-0.39, 0.29) is 12.2 Å². The second-order valence-corrected chi connectivity index (χ2v) is 8.37. The molecule has 0 spiro atoms. The van der Waals surface area contributed by atoms with E-state index in [1.54, 1.807) is 21.8 Å². The predicted molar refractivity (Wildman–Crippen MR) is 132 cm³/mol. The van der Waals surface area contributed by atoms with E-state index >= 15 is 0 Å². The molecule has 0 bridgehead atoms. The number of anilines is 3. The van der Waals surface area contributed by atoms with Crippen molar-refractivity contribution in [2.75, 3.05) is 43.4 Å². The van der Waals surface area contributed by atoms with Gasteiger partial charge in [0.15, 0.2) is 11.5 Å². The van der Waals surface area contributed by atoms with Crippen molar-refractivity contribution in [2.45, 2.75) is 20.1 Å². The summed E-state index contributed by atoms with van der Waals surface area (Å²) in [7, 11) is 2.12. The van der Waals surface area contributed by atoms with Gasteiger partial charge in [0.05, 0.1) is 6.61 Å². The van der Waals surface area contributed by atoms with Crippen LogP contribution in [0.1, 0.15) is 12.5 Å². The zero-order valence-corrected chi connectivity index (χ0v) is 19.3. The molecule has 176 valence electrons. The number of aliphatic hydroxyl groups excluding tert-OH is 1. The van der Waals surface area contributed by atoms with Crippen LogP contribution in [0.5, 0.6) is 0 Å². The Morgan fingerprint density at radius 3 is 2.62 bits per heavy atom. The summed E-state index contributed by atoms with van der Waals surface area (Å²) in [6.07, 6.45) is 3.23. The molecule has 1 saturated heterocycles. The number of hydrogen-bond donors (Lipinski definition) is 2. The molecule has 0 radical (unpaired) electrons. The predicted octanol–water partition coefficient (Wildman–Crippen LogP) is 1.98. The fourth-order valence-electron chi connectivity index (χ4n) is 4.36. The smallest absolute Gasteiger partial charge is 0.278 e. The van der Waals surface area contributed by atoms with Crippen LogP contribution >= 0.6 is 0 Å². The second-order valence-electron chi connectivity index (χ2n) is 8.37. The number of fused-ring (bicyclic) bond motifs is 1. The van der Waals surface area contributed by atoms with Crippen LogP contribution in [0.15, 0.2) is 53.6 Å². The number of benzene rings is 1. The molecule has 0 atom stereocenters. The van der Waals surface area contributed by atoms with Gasteiger partial charge >= 0.3 is 0 Å². The van der Waals surface area contributed by atoms with Crippen molar-refractivity contribution in [3.05, 3.63) is 64.7 Å². The Hall–Kier alpha value is -3.76. The van der Waals surface area contributed by atoms with E-state index in [9.17, 15) is 9.90 Å². The lowest BCUT2D eigenvalue weighted by molar-refractivity contribution is 0.280. The van der Waals surface area contributed by atoms with Crippen molar-refractivity contribution in [3.8, 4) is 5.82 Å². The Kier molecular flexibility index (Phi) is 5.99. The summed E-state index contributed by atoms with van der Waals surface area (Å²) in [5, 5.41) is 13.7. The van der Waals surface area contributed by atoms with Gasteiger partial charge < -0.3 is 20.2 Å². The van der Waals surface area contributed by atoms with Gasteiger partial charge in [0.1, 0.15) is 5.39 Å². The van der Waals surface area contributed by atoms with Crippen molar-refractivity contribution in [3.63, 3.8) is 0 Å². The number of rotatable bonds is 6. The maximum Gasteiger partial charge on any atom is 0.278 e. The molecule has 0 unspecified atom stereocenters. The number of nitrogens with one attached hydrogen (secondary N) is 1. The fraction of sp³-hybridized carbons (Fsp3) is 0.333. The summed E-state index contributed by atoms with van der Waals surface area (Å²) in [5.74, 6) is 0.974. The van der Waals surface area contributed by atoms with Gasteiger partial charge in [0, 0.05) is 62.1 Å². The fourth-order valence-corrected chi connectivity index (χ4v) is 4.36. The maximum absolute atomic E-state index is 12.9. The lowest BCUT2D eigenvalue weighted by Gasteiger charge is -2.35. The third-order valence-electron chi connectivity index (χ3n) is 6.19. The van der Waals surface area contributed by atoms with Crippen molar-refractivity contribution < 1.29 is 5.11 Å². The van der Waals surface area contributed by atoms with Gasteiger partial charge in [-0.05, 0) is 44.3 Å². The Balaban J connectivity index is 1.49. The number of nitrogens with zero attached hydrogens (tertiary/aromatic N) is 7. The Bertz CT molecular complexity index is 1360. The first-order valence-corrected chi connectivity index (χ1v) is 11.4. The number of piperazine rings is 1. The number of aliphatic hydroxyl groups is 1. The number of likely N-dealkylation sites (N-methyl/N-ethyl adjacent to an activating group) is 1. The lowest BCUT2D eigenvalue weighted by Crippen LogP contribution is -2.44. The van der Waals surface area contributed by atoms with E-state index in [2.05, 4.69) is 37.1 Å². The molecular weight excluding hydrogens is 432 g/mol.